The predicted octanol–water partition coefficient (Wildman–Crippen LogP) is 2.58. The van der Waals surface area contributed by atoms with E-state index in [1.54, 1.807) is 0 Å². The van der Waals surface area contributed by atoms with Crippen LogP contribution in [0.25, 0.3) is 0 Å². The minimum absolute atomic E-state index is 0.0696. The number of unbranched alkanes of at least 4 members (excludes halogenated alkanes) is 1. The number of ether oxygens (including phenoxy) is 1. The molecular weight excluding hydrogens is 152 g/mol. The van der Waals surface area contributed by atoms with Crippen molar-refractivity contribution in [3.05, 3.63) is 6.92 Å². The second kappa shape index (κ2) is 5.18. The molecule has 0 aromatic heterocycles. The number of hydrogen-bond acceptors (Lipinski definition) is 2. The van der Waals surface area contributed by atoms with Crippen molar-refractivity contribution in [1.29, 1.82) is 0 Å². The molecule has 12 heavy (non-hydrogen) atoms. The summed E-state index contributed by atoms with van der Waals surface area (Å²) in [6.45, 7) is 10.3. The average Bonchev–Trinajstić information content (AvgIpc) is 1.95. The van der Waals surface area contributed by atoms with Crippen LogP contribution in [0.3, 0.4) is 0 Å². The summed E-state index contributed by atoms with van der Waals surface area (Å²) in [4.78, 5) is 11.0. The first-order valence-corrected chi connectivity index (χ1v) is 4.40. The third kappa shape index (κ3) is 7.58. The Morgan fingerprint density at radius 3 is 2.42 bits per heavy atom. The van der Waals surface area contributed by atoms with Gasteiger partial charge in [-0.25, -0.2) is 0 Å². The van der Waals surface area contributed by atoms with Crippen LogP contribution >= 0.6 is 0 Å². The molecule has 0 rings (SSSR count). The predicted molar refractivity (Wildman–Crippen MR) is 49.6 cm³/mol. The topological polar surface area (TPSA) is 26.3 Å². The van der Waals surface area contributed by atoms with E-state index in [9.17, 15) is 4.79 Å². The second-order valence-electron chi connectivity index (χ2n) is 4.18. The third-order valence-corrected chi connectivity index (χ3v) is 1.30. The summed E-state index contributed by atoms with van der Waals surface area (Å²) in [6, 6.07) is 0. The van der Waals surface area contributed by atoms with Crippen molar-refractivity contribution < 1.29 is 9.53 Å². The fourth-order valence-electron chi connectivity index (χ4n) is 0.639. The van der Waals surface area contributed by atoms with Crippen molar-refractivity contribution in [3.63, 3.8) is 0 Å². The zero-order valence-corrected chi connectivity index (χ0v) is 8.35. The van der Waals surface area contributed by atoms with Gasteiger partial charge in [0.05, 0.1) is 6.61 Å². The van der Waals surface area contributed by atoms with Gasteiger partial charge in [-0.2, -0.15) is 0 Å². The van der Waals surface area contributed by atoms with Crippen molar-refractivity contribution in [2.75, 3.05) is 6.61 Å². The lowest BCUT2D eigenvalue weighted by molar-refractivity contribution is -0.146. The summed E-state index contributed by atoms with van der Waals surface area (Å²) in [7, 11) is 0. The lowest BCUT2D eigenvalue weighted by Crippen LogP contribution is -2.18. The Labute approximate surface area is 75.3 Å². The summed E-state index contributed by atoms with van der Waals surface area (Å²) in [5.74, 6) is -0.103. The number of esters is 1. The third-order valence-electron chi connectivity index (χ3n) is 1.30. The Morgan fingerprint density at radius 1 is 1.42 bits per heavy atom. The van der Waals surface area contributed by atoms with Gasteiger partial charge in [-0.05, 0) is 11.8 Å². The highest BCUT2D eigenvalue weighted by Crippen LogP contribution is 2.13. The molecule has 71 valence electrons. The van der Waals surface area contributed by atoms with Gasteiger partial charge in [0.2, 0.25) is 0 Å². The van der Waals surface area contributed by atoms with Gasteiger partial charge in [0.25, 0.3) is 0 Å². The molecule has 0 heterocycles. The fourth-order valence-corrected chi connectivity index (χ4v) is 0.639. The maximum absolute atomic E-state index is 11.0. The molecule has 0 unspecified atom stereocenters. The Hall–Kier alpha value is -0.530. The first kappa shape index (κ1) is 11.5. The van der Waals surface area contributed by atoms with Gasteiger partial charge >= 0.3 is 5.97 Å². The van der Waals surface area contributed by atoms with Crippen LogP contribution in [0.5, 0.6) is 0 Å². The Kier molecular flexibility index (Phi) is 4.95. The van der Waals surface area contributed by atoms with Crippen molar-refractivity contribution in [3.8, 4) is 0 Å². The van der Waals surface area contributed by atoms with Gasteiger partial charge < -0.3 is 4.74 Å². The summed E-state index contributed by atoms with van der Waals surface area (Å²) < 4.78 is 5.04. The fraction of sp³-hybridized carbons (Fsp3) is 0.800. The van der Waals surface area contributed by atoms with Crippen LogP contribution in [-0.2, 0) is 9.53 Å². The van der Waals surface area contributed by atoms with E-state index in [0.29, 0.717) is 13.0 Å². The molecule has 0 aliphatic rings. The molecule has 0 spiro atoms. The van der Waals surface area contributed by atoms with E-state index in [2.05, 4.69) is 6.92 Å². The first-order valence-electron chi connectivity index (χ1n) is 4.40. The molecule has 0 atom stereocenters. The van der Waals surface area contributed by atoms with Crippen molar-refractivity contribution >= 4 is 5.97 Å². The highest BCUT2D eigenvalue weighted by Gasteiger charge is 2.12. The van der Waals surface area contributed by atoms with Gasteiger partial charge in [-0.15, -0.1) is 0 Å². The SMILES string of the molecule is [CH2]CCCC(=O)OCC(C)(C)C. The van der Waals surface area contributed by atoms with Crippen LogP contribution in [0, 0.1) is 12.3 Å². The molecule has 0 aromatic rings. The Morgan fingerprint density at radius 2 is 2.00 bits per heavy atom. The van der Waals surface area contributed by atoms with E-state index in [1.165, 1.54) is 0 Å². The maximum Gasteiger partial charge on any atom is 0.305 e. The van der Waals surface area contributed by atoms with E-state index in [-0.39, 0.29) is 11.4 Å². The maximum atomic E-state index is 11.0. The van der Waals surface area contributed by atoms with E-state index >= 15 is 0 Å². The summed E-state index contributed by atoms with van der Waals surface area (Å²) >= 11 is 0. The molecule has 0 saturated heterocycles. The lowest BCUT2D eigenvalue weighted by atomic mass is 9.99. The van der Waals surface area contributed by atoms with Crippen molar-refractivity contribution in [2.45, 2.75) is 40.0 Å². The van der Waals surface area contributed by atoms with E-state index < -0.39 is 0 Å². The van der Waals surface area contributed by atoms with Gasteiger partial charge in [-0.1, -0.05) is 34.1 Å². The van der Waals surface area contributed by atoms with E-state index in [4.69, 9.17) is 4.74 Å². The highest BCUT2D eigenvalue weighted by molar-refractivity contribution is 5.69. The lowest BCUT2D eigenvalue weighted by Gasteiger charge is -2.17. The van der Waals surface area contributed by atoms with E-state index in [0.717, 1.165) is 12.8 Å². The summed E-state index contributed by atoms with van der Waals surface area (Å²) in [5, 5.41) is 0. The number of hydrogen-bond donors (Lipinski definition) is 0. The molecule has 0 aromatic carbocycles. The molecule has 0 N–H and O–H groups in total. The zero-order chi connectivity index (χ0) is 9.61. The smallest absolute Gasteiger partial charge is 0.305 e. The summed E-state index contributed by atoms with van der Waals surface area (Å²) in [5.41, 5.74) is 0.0696. The molecular formula is C10H19O2. The molecule has 1 radical (unpaired) electrons. The zero-order valence-electron chi connectivity index (χ0n) is 8.35. The average molecular weight is 171 g/mol. The standard InChI is InChI=1S/C10H19O2/c1-5-6-7-9(11)12-8-10(2,3)4/h1,5-8H2,2-4H3. The monoisotopic (exact) mass is 171 g/mol. The number of carbonyl (C=O) groups excluding carboxylic acids is 1. The molecule has 2 nitrogen and oxygen atoms in total. The minimum atomic E-state index is -0.103. The quantitative estimate of drug-likeness (QED) is 0.608. The highest BCUT2D eigenvalue weighted by atomic mass is 16.5. The van der Waals surface area contributed by atoms with Gasteiger partial charge in [0, 0.05) is 6.42 Å². The van der Waals surface area contributed by atoms with Crippen LogP contribution in [-0.4, -0.2) is 12.6 Å². The summed E-state index contributed by atoms with van der Waals surface area (Å²) in [6.07, 6.45) is 2.12. The van der Waals surface area contributed by atoms with Crippen LogP contribution in [0.2, 0.25) is 0 Å². The van der Waals surface area contributed by atoms with Gasteiger partial charge in [0.15, 0.2) is 0 Å². The molecule has 0 amide bonds. The molecule has 0 aliphatic heterocycles. The first-order chi connectivity index (χ1) is 5.45. The van der Waals surface area contributed by atoms with Crippen LogP contribution in [0.1, 0.15) is 40.0 Å². The molecule has 0 bridgehead atoms. The largest absolute Gasteiger partial charge is 0.465 e. The molecule has 0 aliphatic carbocycles. The van der Waals surface area contributed by atoms with Crippen LogP contribution < -0.4 is 0 Å². The normalized spacial score (nSPS) is 11.3. The van der Waals surface area contributed by atoms with Crippen LogP contribution in [0.4, 0.5) is 0 Å². The minimum Gasteiger partial charge on any atom is -0.465 e. The van der Waals surface area contributed by atoms with Crippen molar-refractivity contribution in [2.24, 2.45) is 5.41 Å². The number of carbonyl (C=O) groups is 1. The molecule has 0 fully saturated rings. The Balaban J connectivity index is 3.44. The molecule has 2 heteroatoms. The van der Waals surface area contributed by atoms with Crippen LogP contribution in [0.15, 0.2) is 0 Å². The van der Waals surface area contributed by atoms with Gasteiger partial charge in [0.1, 0.15) is 0 Å². The Bertz CT molecular complexity index is 133. The number of rotatable bonds is 4. The van der Waals surface area contributed by atoms with Crippen molar-refractivity contribution in [1.82, 2.24) is 0 Å². The molecule has 0 saturated carbocycles. The van der Waals surface area contributed by atoms with E-state index in [1.807, 2.05) is 20.8 Å². The van der Waals surface area contributed by atoms with Gasteiger partial charge in [-0.3, -0.25) is 4.79 Å². The second-order valence-corrected chi connectivity index (χ2v) is 4.18.